The first-order valence-electron chi connectivity index (χ1n) is 4.97. The minimum Gasteiger partial charge on any atom is -0.468 e. The van der Waals surface area contributed by atoms with Crippen LogP contribution in [0.2, 0.25) is 0 Å². The molecule has 0 aromatic rings. The highest BCUT2D eigenvalue weighted by molar-refractivity contribution is 8.00. The fourth-order valence-electron chi connectivity index (χ4n) is 1.15. The van der Waals surface area contributed by atoms with E-state index in [0.717, 1.165) is 17.4 Å². The van der Waals surface area contributed by atoms with Crippen LogP contribution in [-0.4, -0.2) is 54.7 Å². The summed E-state index contributed by atoms with van der Waals surface area (Å²) in [5.74, 6) is 2.55. The number of hydrogen-bond acceptors (Lipinski definition) is 6. The van der Waals surface area contributed by atoms with Crippen LogP contribution in [0.15, 0.2) is 0 Å². The molecular weight excluding hydrogens is 284 g/mol. The zero-order valence-electron chi connectivity index (χ0n) is 9.56. The number of amides is 1. The van der Waals surface area contributed by atoms with E-state index in [0.29, 0.717) is 12.3 Å². The predicted molar refractivity (Wildman–Crippen MR) is 73.8 cm³/mol. The summed E-state index contributed by atoms with van der Waals surface area (Å²) >= 11 is 3.18. The Hall–Kier alpha value is -0.110. The summed E-state index contributed by atoms with van der Waals surface area (Å²) in [5.41, 5.74) is 0. The standard InChI is InChI=1S/C9H16N2O3S2.ClH/c1-14-8(12)5-15-3-2-10-9(13)7-4-16-6-11-7;/h7,11H,2-6H2,1H3,(H,10,13);1H. The van der Waals surface area contributed by atoms with E-state index >= 15 is 0 Å². The van der Waals surface area contributed by atoms with Crippen LogP contribution in [0.5, 0.6) is 0 Å². The number of rotatable bonds is 6. The average molecular weight is 301 g/mol. The van der Waals surface area contributed by atoms with Crippen LogP contribution in [0.1, 0.15) is 0 Å². The van der Waals surface area contributed by atoms with Gasteiger partial charge in [-0.25, -0.2) is 0 Å². The smallest absolute Gasteiger partial charge is 0.315 e. The first-order chi connectivity index (χ1) is 7.74. The van der Waals surface area contributed by atoms with Crippen LogP contribution in [0.3, 0.4) is 0 Å². The largest absolute Gasteiger partial charge is 0.468 e. The third-order valence-corrected chi connectivity index (χ3v) is 3.90. The second-order valence-corrected chi connectivity index (χ2v) is 5.33. The Bertz CT molecular complexity index is 250. The van der Waals surface area contributed by atoms with Crippen molar-refractivity contribution in [3.05, 3.63) is 0 Å². The summed E-state index contributed by atoms with van der Waals surface area (Å²) in [5, 5.41) is 5.92. The first kappa shape index (κ1) is 16.9. The highest BCUT2D eigenvalue weighted by Crippen LogP contribution is 2.09. The number of halogens is 1. The zero-order chi connectivity index (χ0) is 11.8. The van der Waals surface area contributed by atoms with Crippen LogP contribution in [0.4, 0.5) is 0 Å². The molecule has 0 aromatic carbocycles. The lowest BCUT2D eigenvalue weighted by atomic mass is 10.3. The minimum absolute atomic E-state index is 0. The SMILES string of the molecule is COC(=O)CSCCNC(=O)C1CSCN1.Cl. The molecule has 1 unspecified atom stereocenters. The zero-order valence-corrected chi connectivity index (χ0v) is 12.0. The minimum atomic E-state index is -0.231. The van der Waals surface area contributed by atoms with Gasteiger partial charge in [-0.1, -0.05) is 0 Å². The normalized spacial score (nSPS) is 18.3. The Labute approximate surface area is 116 Å². The van der Waals surface area contributed by atoms with Crippen molar-refractivity contribution >= 4 is 47.8 Å². The number of esters is 1. The molecule has 1 heterocycles. The van der Waals surface area contributed by atoms with Gasteiger partial charge in [-0.15, -0.1) is 35.9 Å². The lowest BCUT2D eigenvalue weighted by Gasteiger charge is -2.09. The summed E-state index contributed by atoms with van der Waals surface area (Å²) in [4.78, 5) is 22.3. The molecule has 1 amide bonds. The van der Waals surface area contributed by atoms with Gasteiger partial charge in [0, 0.05) is 23.9 Å². The molecule has 1 fully saturated rings. The van der Waals surface area contributed by atoms with Crippen molar-refractivity contribution in [3.63, 3.8) is 0 Å². The molecular formula is C9H17ClN2O3S2. The Kier molecular flexibility index (Phi) is 9.81. The van der Waals surface area contributed by atoms with Gasteiger partial charge in [0.15, 0.2) is 0 Å². The maximum atomic E-state index is 11.5. The molecule has 0 saturated carbocycles. The Morgan fingerprint density at radius 3 is 2.94 bits per heavy atom. The summed E-state index contributed by atoms with van der Waals surface area (Å²) in [6, 6.07) is -0.0596. The molecule has 0 aromatic heterocycles. The van der Waals surface area contributed by atoms with Gasteiger partial charge in [-0.2, -0.15) is 0 Å². The molecule has 1 atom stereocenters. The fourth-order valence-corrected chi connectivity index (χ4v) is 2.76. The number of carbonyl (C=O) groups is 2. The van der Waals surface area contributed by atoms with E-state index in [9.17, 15) is 9.59 Å². The van der Waals surface area contributed by atoms with Gasteiger partial charge < -0.3 is 10.1 Å². The van der Waals surface area contributed by atoms with Crippen molar-refractivity contribution in [2.45, 2.75) is 6.04 Å². The van der Waals surface area contributed by atoms with Gasteiger partial charge in [-0.3, -0.25) is 14.9 Å². The predicted octanol–water partition coefficient (Wildman–Crippen LogP) is 0.0931. The van der Waals surface area contributed by atoms with E-state index < -0.39 is 0 Å². The topological polar surface area (TPSA) is 67.4 Å². The molecule has 0 aliphatic carbocycles. The van der Waals surface area contributed by atoms with Gasteiger partial charge in [0.1, 0.15) is 0 Å². The monoisotopic (exact) mass is 300 g/mol. The highest BCUT2D eigenvalue weighted by Gasteiger charge is 2.21. The summed E-state index contributed by atoms with van der Waals surface area (Å²) in [7, 11) is 1.37. The van der Waals surface area contributed by atoms with E-state index in [1.165, 1.54) is 18.9 Å². The number of carbonyl (C=O) groups excluding carboxylic acids is 2. The van der Waals surface area contributed by atoms with Crippen LogP contribution in [-0.2, 0) is 14.3 Å². The van der Waals surface area contributed by atoms with Crippen molar-refractivity contribution in [1.82, 2.24) is 10.6 Å². The fraction of sp³-hybridized carbons (Fsp3) is 0.778. The molecule has 17 heavy (non-hydrogen) atoms. The Morgan fingerprint density at radius 2 is 2.35 bits per heavy atom. The molecule has 1 saturated heterocycles. The molecule has 5 nitrogen and oxygen atoms in total. The molecule has 1 rings (SSSR count). The molecule has 8 heteroatoms. The van der Waals surface area contributed by atoms with E-state index in [2.05, 4.69) is 15.4 Å². The van der Waals surface area contributed by atoms with Crippen molar-refractivity contribution in [3.8, 4) is 0 Å². The number of nitrogens with one attached hydrogen (secondary N) is 2. The van der Waals surface area contributed by atoms with Gasteiger partial charge in [0.05, 0.1) is 18.9 Å². The number of thioether (sulfide) groups is 2. The van der Waals surface area contributed by atoms with Crippen LogP contribution in [0.25, 0.3) is 0 Å². The first-order valence-corrected chi connectivity index (χ1v) is 7.28. The van der Waals surface area contributed by atoms with E-state index in [-0.39, 0.29) is 30.3 Å². The second kappa shape index (κ2) is 9.87. The number of methoxy groups -OCH3 is 1. The molecule has 0 radical (unpaired) electrons. The van der Waals surface area contributed by atoms with Crippen molar-refractivity contribution in [2.75, 3.05) is 36.8 Å². The third-order valence-electron chi connectivity index (χ3n) is 2.03. The summed E-state index contributed by atoms with van der Waals surface area (Å²) < 4.78 is 4.50. The van der Waals surface area contributed by atoms with E-state index in [1.807, 2.05) is 0 Å². The lowest BCUT2D eigenvalue weighted by Crippen LogP contribution is -2.42. The quantitative estimate of drug-likeness (QED) is 0.535. The number of ether oxygens (including phenoxy) is 1. The van der Waals surface area contributed by atoms with Gasteiger partial charge in [0.2, 0.25) is 5.91 Å². The van der Waals surface area contributed by atoms with E-state index in [4.69, 9.17) is 0 Å². The summed E-state index contributed by atoms with van der Waals surface area (Å²) in [6.45, 7) is 0.587. The molecule has 2 N–H and O–H groups in total. The molecule has 1 aliphatic heterocycles. The van der Waals surface area contributed by atoms with Crippen LogP contribution >= 0.6 is 35.9 Å². The van der Waals surface area contributed by atoms with Gasteiger partial charge >= 0.3 is 5.97 Å². The van der Waals surface area contributed by atoms with Crippen LogP contribution in [0, 0.1) is 0 Å². The molecule has 0 spiro atoms. The van der Waals surface area contributed by atoms with Gasteiger partial charge in [0.25, 0.3) is 0 Å². The maximum absolute atomic E-state index is 11.5. The van der Waals surface area contributed by atoms with Crippen molar-refractivity contribution in [1.29, 1.82) is 0 Å². The molecule has 1 aliphatic rings. The van der Waals surface area contributed by atoms with Crippen molar-refractivity contribution < 1.29 is 14.3 Å². The number of hydrogen-bond donors (Lipinski definition) is 2. The van der Waals surface area contributed by atoms with Gasteiger partial charge in [-0.05, 0) is 0 Å². The van der Waals surface area contributed by atoms with Crippen molar-refractivity contribution in [2.24, 2.45) is 0 Å². The maximum Gasteiger partial charge on any atom is 0.315 e. The van der Waals surface area contributed by atoms with Crippen LogP contribution < -0.4 is 10.6 Å². The average Bonchev–Trinajstić information content (AvgIpc) is 2.81. The Balaban J connectivity index is 0.00000256. The summed E-state index contributed by atoms with van der Waals surface area (Å²) in [6.07, 6.45) is 0. The molecule has 0 bridgehead atoms. The lowest BCUT2D eigenvalue weighted by molar-refractivity contribution is -0.137. The van der Waals surface area contributed by atoms with E-state index in [1.54, 1.807) is 11.8 Å². The second-order valence-electron chi connectivity index (χ2n) is 3.19. The third kappa shape index (κ3) is 7.03. The highest BCUT2D eigenvalue weighted by atomic mass is 35.5. The Morgan fingerprint density at radius 1 is 1.59 bits per heavy atom. The molecule has 100 valence electrons.